The van der Waals surface area contributed by atoms with Crippen LogP contribution < -0.4 is 4.74 Å². The minimum atomic E-state index is -1.42. The molecule has 0 heterocycles. The molecule has 0 amide bonds. The van der Waals surface area contributed by atoms with Gasteiger partial charge in [0.1, 0.15) is 6.10 Å². The van der Waals surface area contributed by atoms with Gasteiger partial charge in [0, 0.05) is 21.0 Å². The van der Waals surface area contributed by atoms with Gasteiger partial charge in [0.25, 0.3) is 0 Å². The van der Waals surface area contributed by atoms with Crippen molar-refractivity contribution in [2.75, 3.05) is 6.61 Å². The lowest BCUT2D eigenvalue weighted by Gasteiger charge is -2.17. The molecular formula is C19H14BrClF2O2. The summed E-state index contributed by atoms with van der Waals surface area (Å²) in [7, 11) is 0. The second-order valence-corrected chi connectivity index (χ2v) is 6.66. The van der Waals surface area contributed by atoms with E-state index in [2.05, 4.69) is 15.9 Å². The lowest BCUT2D eigenvalue weighted by Crippen LogP contribution is -2.07. The molecule has 0 aliphatic carbocycles. The minimum absolute atomic E-state index is 0.193. The first kappa shape index (κ1) is 18.1. The van der Waals surface area contributed by atoms with E-state index in [4.69, 9.17) is 16.3 Å². The molecule has 130 valence electrons. The third-order valence-corrected chi connectivity index (χ3v) is 5.00. The van der Waals surface area contributed by atoms with E-state index in [9.17, 15) is 13.9 Å². The Balaban J connectivity index is 2.13. The quantitative estimate of drug-likeness (QED) is 0.552. The molecule has 0 bridgehead atoms. The Labute approximate surface area is 157 Å². The highest BCUT2D eigenvalue weighted by molar-refractivity contribution is 9.10. The zero-order chi connectivity index (χ0) is 18.1. The summed E-state index contributed by atoms with van der Waals surface area (Å²) >= 11 is 9.84. The van der Waals surface area contributed by atoms with Crippen molar-refractivity contribution in [1.29, 1.82) is 0 Å². The first-order chi connectivity index (χ1) is 12.0. The first-order valence-electron chi connectivity index (χ1n) is 7.61. The van der Waals surface area contributed by atoms with E-state index in [1.54, 1.807) is 19.1 Å². The average molecular weight is 428 g/mol. The second-order valence-electron chi connectivity index (χ2n) is 5.42. The van der Waals surface area contributed by atoms with Gasteiger partial charge >= 0.3 is 0 Å². The van der Waals surface area contributed by atoms with E-state index in [0.717, 1.165) is 5.39 Å². The molecule has 0 saturated heterocycles. The summed E-state index contributed by atoms with van der Waals surface area (Å²) in [6, 6.07) is 11.6. The van der Waals surface area contributed by atoms with E-state index in [1.807, 2.05) is 18.2 Å². The van der Waals surface area contributed by atoms with Gasteiger partial charge in [-0.3, -0.25) is 0 Å². The molecule has 1 atom stereocenters. The highest BCUT2D eigenvalue weighted by Gasteiger charge is 2.24. The van der Waals surface area contributed by atoms with Gasteiger partial charge in [-0.1, -0.05) is 51.8 Å². The van der Waals surface area contributed by atoms with Gasteiger partial charge < -0.3 is 9.84 Å². The van der Waals surface area contributed by atoms with Crippen LogP contribution in [-0.2, 0) is 0 Å². The number of benzene rings is 3. The Morgan fingerprint density at radius 3 is 2.44 bits per heavy atom. The fourth-order valence-corrected chi connectivity index (χ4v) is 3.62. The number of rotatable bonds is 4. The van der Waals surface area contributed by atoms with E-state index in [0.29, 0.717) is 14.9 Å². The SMILES string of the molecule is CCOc1ccc(C(O)c2cc(Br)c3ccccc3c2Cl)c(F)c1F. The van der Waals surface area contributed by atoms with E-state index in [-0.39, 0.29) is 23.5 Å². The monoisotopic (exact) mass is 426 g/mol. The van der Waals surface area contributed by atoms with Crippen LogP contribution in [0.4, 0.5) is 8.78 Å². The lowest BCUT2D eigenvalue weighted by atomic mass is 9.97. The van der Waals surface area contributed by atoms with Gasteiger partial charge in [-0.2, -0.15) is 4.39 Å². The maximum atomic E-state index is 14.4. The molecule has 3 aromatic carbocycles. The summed E-state index contributed by atoms with van der Waals surface area (Å²) in [5, 5.41) is 12.5. The van der Waals surface area contributed by atoms with Crippen LogP contribution in [0.25, 0.3) is 10.8 Å². The normalized spacial score (nSPS) is 12.4. The standard InChI is InChI=1S/C19H14BrClF2O2/c1-2-25-15-8-7-12(17(22)18(15)23)19(24)13-9-14(20)10-5-3-4-6-11(10)16(13)21/h3-9,19,24H,2H2,1H3. The molecule has 3 aromatic rings. The van der Waals surface area contributed by atoms with Crippen molar-refractivity contribution < 1.29 is 18.6 Å². The molecule has 1 N–H and O–H groups in total. The number of hydrogen-bond acceptors (Lipinski definition) is 2. The van der Waals surface area contributed by atoms with Crippen molar-refractivity contribution in [2.45, 2.75) is 13.0 Å². The Hall–Kier alpha value is -1.69. The van der Waals surface area contributed by atoms with Gasteiger partial charge in [-0.25, -0.2) is 4.39 Å². The maximum Gasteiger partial charge on any atom is 0.200 e. The van der Waals surface area contributed by atoms with E-state index in [1.165, 1.54) is 12.1 Å². The van der Waals surface area contributed by atoms with Crippen LogP contribution in [-0.4, -0.2) is 11.7 Å². The van der Waals surface area contributed by atoms with Gasteiger partial charge in [0.2, 0.25) is 5.82 Å². The number of aliphatic hydroxyl groups is 1. The van der Waals surface area contributed by atoms with Crippen molar-refractivity contribution in [1.82, 2.24) is 0 Å². The molecular weight excluding hydrogens is 414 g/mol. The molecule has 0 aliphatic rings. The third-order valence-electron chi connectivity index (χ3n) is 3.92. The fourth-order valence-electron chi connectivity index (χ4n) is 2.71. The molecule has 0 spiro atoms. The molecule has 0 aliphatic heterocycles. The predicted octanol–water partition coefficient (Wildman–Crippen LogP) is 6.01. The molecule has 3 rings (SSSR count). The van der Waals surface area contributed by atoms with E-state index < -0.39 is 17.7 Å². The van der Waals surface area contributed by atoms with Crippen LogP contribution >= 0.6 is 27.5 Å². The fraction of sp³-hybridized carbons (Fsp3) is 0.158. The lowest BCUT2D eigenvalue weighted by molar-refractivity contribution is 0.212. The van der Waals surface area contributed by atoms with Crippen molar-refractivity contribution >= 4 is 38.3 Å². The molecule has 1 unspecified atom stereocenters. The van der Waals surface area contributed by atoms with Crippen LogP contribution in [0.1, 0.15) is 24.2 Å². The summed E-state index contributed by atoms with van der Waals surface area (Å²) in [6.07, 6.45) is -1.42. The van der Waals surface area contributed by atoms with Crippen LogP contribution in [0, 0.1) is 11.6 Å². The highest BCUT2D eigenvalue weighted by atomic mass is 79.9. The molecule has 0 radical (unpaired) electrons. The average Bonchev–Trinajstić information content (AvgIpc) is 2.62. The Morgan fingerprint density at radius 1 is 1.08 bits per heavy atom. The summed E-state index contributed by atoms with van der Waals surface area (Å²) in [6.45, 7) is 1.88. The summed E-state index contributed by atoms with van der Waals surface area (Å²) in [4.78, 5) is 0. The smallest absolute Gasteiger partial charge is 0.200 e. The minimum Gasteiger partial charge on any atom is -0.491 e. The number of ether oxygens (including phenoxy) is 1. The summed E-state index contributed by atoms with van der Waals surface area (Å²) in [5.74, 6) is -2.48. The number of halogens is 4. The van der Waals surface area contributed by atoms with Crippen LogP contribution in [0.15, 0.2) is 46.9 Å². The van der Waals surface area contributed by atoms with Gasteiger partial charge in [0.15, 0.2) is 11.6 Å². The predicted molar refractivity (Wildman–Crippen MR) is 98.2 cm³/mol. The Kier molecular flexibility index (Phi) is 5.27. The van der Waals surface area contributed by atoms with Crippen molar-refractivity contribution in [2.24, 2.45) is 0 Å². The molecule has 2 nitrogen and oxygen atoms in total. The Bertz CT molecular complexity index is 946. The van der Waals surface area contributed by atoms with Gasteiger partial charge in [0.05, 0.1) is 11.6 Å². The largest absolute Gasteiger partial charge is 0.491 e. The van der Waals surface area contributed by atoms with Crippen molar-refractivity contribution in [3.8, 4) is 5.75 Å². The summed E-state index contributed by atoms with van der Waals surface area (Å²) < 4.78 is 34.2. The van der Waals surface area contributed by atoms with Gasteiger partial charge in [-0.15, -0.1) is 0 Å². The van der Waals surface area contributed by atoms with Crippen molar-refractivity contribution in [3.63, 3.8) is 0 Å². The molecule has 0 aromatic heterocycles. The maximum absolute atomic E-state index is 14.4. The van der Waals surface area contributed by atoms with Gasteiger partial charge in [-0.05, 0) is 30.5 Å². The first-order valence-corrected chi connectivity index (χ1v) is 8.78. The number of hydrogen-bond donors (Lipinski definition) is 1. The van der Waals surface area contributed by atoms with Crippen molar-refractivity contribution in [3.05, 3.63) is 74.7 Å². The number of fused-ring (bicyclic) bond motifs is 1. The van der Waals surface area contributed by atoms with Crippen LogP contribution in [0.3, 0.4) is 0 Å². The van der Waals surface area contributed by atoms with Crippen LogP contribution in [0.5, 0.6) is 5.75 Å². The van der Waals surface area contributed by atoms with Crippen LogP contribution in [0.2, 0.25) is 5.02 Å². The molecule has 6 heteroatoms. The second kappa shape index (κ2) is 7.28. The molecule has 0 fully saturated rings. The topological polar surface area (TPSA) is 29.5 Å². The van der Waals surface area contributed by atoms with E-state index >= 15 is 0 Å². The number of aliphatic hydroxyl groups excluding tert-OH is 1. The molecule has 25 heavy (non-hydrogen) atoms. The Morgan fingerprint density at radius 2 is 1.76 bits per heavy atom. The zero-order valence-corrected chi connectivity index (χ0v) is 15.5. The zero-order valence-electron chi connectivity index (χ0n) is 13.2. The summed E-state index contributed by atoms with van der Waals surface area (Å²) in [5.41, 5.74) is 0.0831. The third kappa shape index (κ3) is 3.24. The highest BCUT2D eigenvalue weighted by Crippen LogP contribution is 2.39. The molecule has 0 saturated carbocycles.